The number of phenols is 4. The van der Waals surface area contributed by atoms with Crippen LogP contribution in [-0.4, -0.2) is 89.6 Å². The van der Waals surface area contributed by atoms with Gasteiger partial charge in [0.2, 0.25) is 9.84 Å². The minimum absolute atomic E-state index is 0.0420. The number of benzene rings is 4. The van der Waals surface area contributed by atoms with Crippen molar-refractivity contribution in [3.63, 3.8) is 0 Å². The van der Waals surface area contributed by atoms with Crippen molar-refractivity contribution >= 4 is 21.8 Å². The van der Waals surface area contributed by atoms with Crippen LogP contribution in [0.3, 0.4) is 0 Å². The third kappa shape index (κ3) is 9.74. The lowest BCUT2D eigenvalue weighted by molar-refractivity contribution is 0.0127. The van der Waals surface area contributed by atoms with Gasteiger partial charge in [-0.25, -0.2) is 18.0 Å². The highest BCUT2D eigenvalue weighted by Gasteiger charge is 2.19. The van der Waals surface area contributed by atoms with Crippen LogP contribution in [0.2, 0.25) is 0 Å². The Morgan fingerprint density at radius 2 is 0.851 bits per heavy atom. The van der Waals surface area contributed by atoms with E-state index in [4.69, 9.17) is 18.9 Å². The van der Waals surface area contributed by atoms with E-state index in [0.29, 0.717) is 0 Å². The molecule has 0 amide bonds. The Kier molecular flexibility index (Phi) is 11.1. The molecule has 0 fully saturated rings. The third-order valence-electron chi connectivity index (χ3n) is 6.24. The van der Waals surface area contributed by atoms with Crippen LogP contribution in [0, 0.1) is 0 Å². The summed E-state index contributed by atoms with van der Waals surface area (Å²) in [7, 11) is -3.93. The van der Waals surface area contributed by atoms with Crippen LogP contribution >= 0.6 is 0 Å². The first-order valence-electron chi connectivity index (χ1n) is 13.8. The molecule has 15 heteroatoms. The van der Waals surface area contributed by atoms with Crippen LogP contribution in [0.1, 0.15) is 20.7 Å². The van der Waals surface area contributed by atoms with E-state index in [1.807, 2.05) is 0 Å². The molecule has 2 unspecified atom stereocenters. The lowest BCUT2D eigenvalue weighted by Crippen LogP contribution is -2.25. The van der Waals surface area contributed by atoms with Crippen LogP contribution in [0.15, 0.2) is 94.7 Å². The molecule has 0 aliphatic carbocycles. The smallest absolute Gasteiger partial charge is 0.338 e. The summed E-state index contributed by atoms with van der Waals surface area (Å²) in [5.74, 6) is -2.62. The predicted octanol–water partition coefficient (Wildman–Crippen LogP) is 2.54. The van der Waals surface area contributed by atoms with E-state index < -0.39 is 47.2 Å². The molecular formula is C32H30O14S. The van der Waals surface area contributed by atoms with E-state index in [9.17, 15) is 48.6 Å². The molecule has 0 saturated heterocycles. The van der Waals surface area contributed by atoms with E-state index in [2.05, 4.69) is 0 Å². The zero-order chi connectivity index (χ0) is 34.1. The molecule has 14 nitrogen and oxygen atoms in total. The van der Waals surface area contributed by atoms with E-state index in [0.717, 1.165) is 36.4 Å². The molecule has 0 radical (unpaired) electrons. The lowest BCUT2D eigenvalue weighted by atomic mass is 10.2. The number of aliphatic hydroxyl groups excluding tert-OH is 2. The molecule has 0 heterocycles. The molecule has 47 heavy (non-hydrogen) atoms. The minimum atomic E-state index is -3.93. The van der Waals surface area contributed by atoms with E-state index >= 15 is 0 Å². The van der Waals surface area contributed by atoms with Crippen molar-refractivity contribution in [3.8, 4) is 34.5 Å². The largest absolute Gasteiger partial charge is 0.508 e. The molecule has 0 spiro atoms. The molecule has 0 aliphatic rings. The number of rotatable bonds is 14. The molecule has 0 bridgehead atoms. The van der Waals surface area contributed by atoms with Crippen molar-refractivity contribution in [1.29, 1.82) is 0 Å². The molecule has 2 atom stereocenters. The number of carbonyl (C=O) groups is 2. The molecule has 0 saturated carbocycles. The van der Waals surface area contributed by atoms with Gasteiger partial charge in [0.25, 0.3) is 0 Å². The number of ether oxygens (including phenoxy) is 4. The van der Waals surface area contributed by atoms with Crippen LogP contribution in [0.4, 0.5) is 0 Å². The first-order chi connectivity index (χ1) is 22.3. The summed E-state index contributed by atoms with van der Waals surface area (Å²) >= 11 is 0. The number of phenolic OH excluding ortho intramolecular Hbond substituents is 4. The number of sulfone groups is 1. The Balaban J connectivity index is 1.22. The number of aromatic hydroxyl groups is 4. The van der Waals surface area contributed by atoms with Crippen molar-refractivity contribution in [2.45, 2.75) is 22.0 Å². The third-order valence-corrected chi connectivity index (χ3v) is 8.03. The Morgan fingerprint density at radius 3 is 1.17 bits per heavy atom. The molecule has 4 aromatic rings. The molecule has 0 aliphatic heterocycles. The Morgan fingerprint density at radius 1 is 0.532 bits per heavy atom. The van der Waals surface area contributed by atoms with Gasteiger partial charge in [-0.05, 0) is 72.8 Å². The normalized spacial score (nSPS) is 12.5. The van der Waals surface area contributed by atoms with Gasteiger partial charge in [0.15, 0.2) is 0 Å². The Bertz CT molecular complexity index is 1640. The van der Waals surface area contributed by atoms with Crippen LogP contribution in [0.5, 0.6) is 34.5 Å². The summed E-state index contributed by atoms with van der Waals surface area (Å²) in [6.45, 7) is -1.46. The standard InChI is InChI=1S/C32H30O14S/c33-21-9-19(10-22(34)13-21)31(39)45-17-25(37)15-43-27-1-5-29(6-2-27)47(41,42)30-7-3-28(4-8-30)44-16-26(38)18-46-32(40)20-11-23(35)14-24(36)12-20/h1-14,25-26,33-38H,15-18H2. The molecule has 6 N–H and O–H groups in total. The van der Waals surface area contributed by atoms with Gasteiger partial charge in [0.1, 0.15) is 73.1 Å². The molecule has 0 aromatic heterocycles. The second kappa shape index (κ2) is 15.2. The SMILES string of the molecule is O=C(OCC(O)COc1ccc(S(=O)(=O)c2ccc(OCC(O)COC(=O)c3cc(O)cc(O)c3)cc2)cc1)c1cc(O)cc(O)c1. The summed E-state index contributed by atoms with van der Waals surface area (Å²) in [6.07, 6.45) is -2.46. The highest BCUT2D eigenvalue weighted by molar-refractivity contribution is 7.91. The second-order valence-corrected chi connectivity index (χ2v) is 12.0. The van der Waals surface area contributed by atoms with E-state index in [-0.39, 0.29) is 68.6 Å². The average molecular weight is 671 g/mol. The summed E-state index contributed by atoms with van der Waals surface area (Å²) in [5, 5.41) is 58.1. The molecular weight excluding hydrogens is 640 g/mol. The Hall–Kier alpha value is -5.51. The summed E-state index contributed by atoms with van der Waals surface area (Å²) in [4.78, 5) is 24.0. The quantitative estimate of drug-likeness (QED) is 0.106. The fraction of sp³-hybridized carbons (Fsp3) is 0.188. The van der Waals surface area contributed by atoms with E-state index in [1.54, 1.807) is 0 Å². The summed E-state index contributed by atoms with van der Waals surface area (Å²) < 4.78 is 47.0. The van der Waals surface area contributed by atoms with Gasteiger partial charge in [-0.3, -0.25) is 0 Å². The van der Waals surface area contributed by atoms with Crippen molar-refractivity contribution in [2.24, 2.45) is 0 Å². The number of hydrogen-bond donors (Lipinski definition) is 6. The number of carbonyl (C=O) groups excluding carboxylic acids is 2. The fourth-order valence-corrected chi connectivity index (χ4v) is 5.24. The maximum absolute atomic E-state index is 13.1. The zero-order valence-electron chi connectivity index (χ0n) is 24.4. The maximum atomic E-state index is 13.1. The summed E-state index contributed by atoms with van der Waals surface area (Å²) in [5.41, 5.74) is -0.223. The lowest BCUT2D eigenvalue weighted by Gasteiger charge is -2.14. The Labute approximate surface area is 268 Å². The van der Waals surface area contributed by atoms with Crippen LogP contribution < -0.4 is 9.47 Å². The van der Waals surface area contributed by atoms with E-state index in [1.165, 1.54) is 48.5 Å². The highest BCUT2D eigenvalue weighted by atomic mass is 32.2. The fourth-order valence-electron chi connectivity index (χ4n) is 3.98. The molecule has 4 aromatic carbocycles. The number of hydrogen-bond acceptors (Lipinski definition) is 14. The number of aliphatic hydroxyl groups is 2. The predicted molar refractivity (Wildman–Crippen MR) is 161 cm³/mol. The van der Waals surface area contributed by atoms with Gasteiger partial charge in [0, 0.05) is 12.1 Å². The van der Waals surface area contributed by atoms with Gasteiger partial charge >= 0.3 is 11.9 Å². The monoisotopic (exact) mass is 670 g/mol. The van der Waals surface area contributed by atoms with Crippen LogP contribution in [0.25, 0.3) is 0 Å². The average Bonchev–Trinajstić information content (AvgIpc) is 3.03. The van der Waals surface area contributed by atoms with Gasteiger partial charge in [-0.2, -0.15) is 0 Å². The van der Waals surface area contributed by atoms with Gasteiger partial charge in [0.05, 0.1) is 20.9 Å². The van der Waals surface area contributed by atoms with Gasteiger partial charge < -0.3 is 49.6 Å². The maximum Gasteiger partial charge on any atom is 0.338 e. The molecule has 4 rings (SSSR count). The zero-order valence-corrected chi connectivity index (χ0v) is 25.2. The first kappa shape index (κ1) is 34.4. The van der Waals surface area contributed by atoms with Crippen molar-refractivity contribution in [2.75, 3.05) is 26.4 Å². The van der Waals surface area contributed by atoms with Gasteiger partial charge in [-0.15, -0.1) is 0 Å². The number of esters is 2. The minimum Gasteiger partial charge on any atom is -0.508 e. The van der Waals surface area contributed by atoms with Gasteiger partial charge in [-0.1, -0.05) is 0 Å². The van der Waals surface area contributed by atoms with Crippen LogP contribution in [-0.2, 0) is 19.3 Å². The molecule has 248 valence electrons. The first-order valence-corrected chi connectivity index (χ1v) is 15.3. The van der Waals surface area contributed by atoms with Crippen molar-refractivity contribution < 1.29 is 67.6 Å². The second-order valence-electron chi connectivity index (χ2n) is 10.0. The highest BCUT2D eigenvalue weighted by Crippen LogP contribution is 2.26. The topological polar surface area (TPSA) is 227 Å². The van der Waals surface area contributed by atoms with Crippen molar-refractivity contribution in [1.82, 2.24) is 0 Å². The van der Waals surface area contributed by atoms with Crippen molar-refractivity contribution in [3.05, 3.63) is 96.1 Å². The summed E-state index contributed by atoms with van der Waals surface area (Å²) in [6, 6.07) is 17.2.